The Balaban J connectivity index is 1.91. The first kappa shape index (κ1) is 12.9. The van der Waals surface area contributed by atoms with Crippen LogP contribution >= 0.6 is 0 Å². The van der Waals surface area contributed by atoms with Gasteiger partial charge in [-0.25, -0.2) is 4.79 Å². The number of nitrogens with zero attached hydrogens (tertiary/aromatic N) is 2. The number of likely N-dealkylation sites (tertiary alicyclic amines) is 1. The molecule has 0 bridgehead atoms. The minimum absolute atomic E-state index is 0.0538. The number of ether oxygens (including phenoxy) is 1. The van der Waals surface area contributed by atoms with Crippen molar-refractivity contribution in [3.63, 3.8) is 0 Å². The van der Waals surface area contributed by atoms with Crippen LogP contribution in [-0.4, -0.2) is 60.8 Å². The summed E-state index contributed by atoms with van der Waals surface area (Å²) in [6, 6.07) is -0.0538. The van der Waals surface area contributed by atoms with Crippen LogP contribution in [-0.2, 0) is 9.53 Å². The van der Waals surface area contributed by atoms with Gasteiger partial charge >= 0.3 is 6.03 Å². The summed E-state index contributed by atoms with van der Waals surface area (Å²) in [6.07, 6.45) is 2.84. The van der Waals surface area contributed by atoms with Gasteiger partial charge in [-0.05, 0) is 18.9 Å². The Morgan fingerprint density at radius 2 is 2.00 bits per heavy atom. The average molecular weight is 253 g/mol. The predicted octanol–water partition coefficient (Wildman–Crippen LogP) is 0.163. The molecule has 2 aliphatic rings. The summed E-state index contributed by atoms with van der Waals surface area (Å²) in [5.41, 5.74) is -0.275. The van der Waals surface area contributed by atoms with Gasteiger partial charge in [0.25, 0.3) is 0 Å². The second-order valence-corrected chi connectivity index (χ2v) is 4.74. The third-order valence-corrected chi connectivity index (χ3v) is 3.67. The van der Waals surface area contributed by atoms with Crippen LogP contribution in [0, 0.1) is 0 Å². The van der Waals surface area contributed by atoms with E-state index >= 15 is 0 Å². The molecule has 2 rings (SSSR count). The fourth-order valence-corrected chi connectivity index (χ4v) is 2.50. The maximum Gasteiger partial charge on any atom is 0.317 e. The van der Waals surface area contributed by atoms with Crippen LogP contribution in [0.25, 0.3) is 0 Å². The molecular formula is C12H19N3O3. The molecule has 0 aromatic carbocycles. The fourth-order valence-electron chi connectivity index (χ4n) is 2.50. The van der Waals surface area contributed by atoms with Crippen LogP contribution in [0.5, 0.6) is 0 Å². The molecule has 2 heterocycles. The van der Waals surface area contributed by atoms with Crippen molar-refractivity contribution in [3.05, 3.63) is 12.7 Å². The van der Waals surface area contributed by atoms with Crippen molar-refractivity contribution in [2.45, 2.75) is 18.4 Å². The average Bonchev–Trinajstić information content (AvgIpc) is 2.82. The minimum Gasteiger partial charge on any atom is -0.353 e. The second-order valence-electron chi connectivity index (χ2n) is 4.74. The van der Waals surface area contributed by atoms with Crippen molar-refractivity contribution in [1.29, 1.82) is 0 Å². The molecule has 0 aliphatic carbocycles. The van der Waals surface area contributed by atoms with E-state index in [0.717, 1.165) is 12.8 Å². The number of piperidine rings is 1. The van der Waals surface area contributed by atoms with Crippen LogP contribution < -0.4 is 5.32 Å². The zero-order valence-corrected chi connectivity index (χ0v) is 10.6. The first-order valence-corrected chi connectivity index (χ1v) is 6.12. The Morgan fingerprint density at radius 1 is 1.33 bits per heavy atom. The smallest absolute Gasteiger partial charge is 0.317 e. The van der Waals surface area contributed by atoms with E-state index in [2.05, 4.69) is 11.9 Å². The Bertz CT molecular complexity index is 362. The zero-order valence-electron chi connectivity index (χ0n) is 10.6. The first-order valence-electron chi connectivity index (χ1n) is 6.12. The SMILES string of the molecule is C=CC(=O)N1COC2(CCN(C(=O)NC)CC2)C1. The van der Waals surface area contributed by atoms with E-state index in [1.54, 1.807) is 16.8 Å². The van der Waals surface area contributed by atoms with E-state index in [4.69, 9.17) is 4.74 Å². The van der Waals surface area contributed by atoms with Crippen LogP contribution in [0.15, 0.2) is 12.7 Å². The monoisotopic (exact) mass is 253 g/mol. The number of hydrogen-bond donors (Lipinski definition) is 1. The number of rotatable bonds is 1. The molecule has 6 heteroatoms. The lowest BCUT2D eigenvalue weighted by Crippen LogP contribution is -2.51. The van der Waals surface area contributed by atoms with Gasteiger partial charge in [0.15, 0.2) is 0 Å². The number of amides is 3. The maximum absolute atomic E-state index is 11.5. The number of hydrogen-bond acceptors (Lipinski definition) is 3. The number of carbonyl (C=O) groups is 2. The molecule has 3 amide bonds. The summed E-state index contributed by atoms with van der Waals surface area (Å²) in [4.78, 5) is 26.4. The zero-order chi connectivity index (χ0) is 13.2. The summed E-state index contributed by atoms with van der Waals surface area (Å²) in [7, 11) is 1.63. The van der Waals surface area contributed by atoms with Crippen LogP contribution in [0.4, 0.5) is 4.79 Å². The highest BCUT2D eigenvalue weighted by Gasteiger charge is 2.43. The molecule has 18 heavy (non-hydrogen) atoms. The van der Waals surface area contributed by atoms with Crippen molar-refractivity contribution in [2.24, 2.45) is 0 Å². The molecular weight excluding hydrogens is 234 g/mol. The molecule has 0 aromatic rings. The van der Waals surface area contributed by atoms with Gasteiger partial charge in [-0.3, -0.25) is 4.79 Å². The predicted molar refractivity (Wildman–Crippen MR) is 65.9 cm³/mol. The van der Waals surface area contributed by atoms with Gasteiger partial charge in [0.1, 0.15) is 6.73 Å². The van der Waals surface area contributed by atoms with Crippen LogP contribution in [0.2, 0.25) is 0 Å². The number of nitrogens with one attached hydrogen (secondary N) is 1. The van der Waals surface area contributed by atoms with Gasteiger partial charge < -0.3 is 19.9 Å². The summed E-state index contributed by atoms with van der Waals surface area (Å²) in [6.45, 7) is 5.72. The van der Waals surface area contributed by atoms with E-state index < -0.39 is 0 Å². The van der Waals surface area contributed by atoms with Crippen molar-refractivity contribution in [3.8, 4) is 0 Å². The molecule has 0 saturated carbocycles. The molecule has 1 N–H and O–H groups in total. The van der Waals surface area contributed by atoms with Gasteiger partial charge in [0.05, 0.1) is 12.1 Å². The van der Waals surface area contributed by atoms with Crippen LogP contribution in [0.1, 0.15) is 12.8 Å². The van der Waals surface area contributed by atoms with E-state index in [1.165, 1.54) is 6.08 Å². The topological polar surface area (TPSA) is 61.9 Å². The molecule has 0 aromatic heterocycles. The van der Waals surface area contributed by atoms with Gasteiger partial charge in [-0.1, -0.05) is 6.58 Å². The van der Waals surface area contributed by atoms with E-state index in [-0.39, 0.29) is 17.5 Å². The second kappa shape index (κ2) is 4.97. The molecule has 2 saturated heterocycles. The lowest BCUT2D eigenvalue weighted by atomic mass is 9.91. The summed E-state index contributed by atoms with van der Waals surface area (Å²) in [5, 5.41) is 2.62. The van der Waals surface area contributed by atoms with E-state index in [1.807, 2.05) is 0 Å². The Labute approximate surface area is 107 Å². The minimum atomic E-state index is -0.275. The molecule has 2 fully saturated rings. The van der Waals surface area contributed by atoms with Crippen molar-refractivity contribution in [1.82, 2.24) is 15.1 Å². The highest BCUT2D eigenvalue weighted by Crippen LogP contribution is 2.32. The van der Waals surface area contributed by atoms with Gasteiger partial charge in [0, 0.05) is 20.1 Å². The molecule has 1 spiro atoms. The molecule has 0 unspecified atom stereocenters. The Hall–Kier alpha value is -1.56. The third kappa shape index (κ3) is 2.33. The number of carbonyl (C=O) groups excluding carboxylic acids is 2. The lowest BCUT2D eigenvalue weighted by molar-refractivity contribution is -0.126. The van der Waals surface area contributed by atoms with Gasteiger partial charge in [0.2, 0.25) is 5.91 Å². The highest BCUT2D eigenvalue weighted by molar-refractivity contribution is 5.87. The fraction of sp³-hybridized carbons (Fsp3) is 0.667. The summed E-state index contributed by atoms with van der Waals surface area (Å²) in [5.74, 6) is -0.0967. The Kier molecular flexibility index (Phi) is 3.56. The van der Waals surface area contributed by atoms with Gasteiger partial charge in [-0.2, -0.15) is 0 Å². The van der Waals surface area contributed by atoms with Crippen molar-refractivity contribution < 1.29 is 14.3 Å². The third-order valence-electron chi connectivity index (χ3n) is 3.67. The van der Waals surface area contributed by atoms with Crippen molar-refractivity contribution in [2.75, 3.05) is 33.4 Å². The first-order chi connectivity index (χ1) is 8.60. The van der Waals surface area contributed by atoms with E-state index in [9.17, 15) is 9.59 Å². The van der Waals surface area contributed by atoms with E-state index in [0.29, 0.717) is 26.4 Å². The van der Waals surface area contributed by atoms with Crippen molar-refractivity contribution >= 4 is 11.9 Å². The molecule has 0 atom stereocenters. The highest BCUT2D eigenvalue weighted by atomic mass is 16.5. The summed E-state index contributed by atoms with van der Waals surface area (Å²) < 4.78 is 5.78. The molecule has 0 radical (unpaired) electrons. The summed E-state index contributed by atoms with van der Waals surface area (Å²) >= 11 is 0. The standard InChI is InChI=1S/C12H19N3O3/c1-3-10(16)15-8-12(18-9-15)4-6-14(7-5-12)11(17)13-2/h3H,1,4-9H2,2H3,(H,13,17). The van der Waals surface area contributed by atoms with Gasteiger partial charge in [-0.15, -0.1) is 0 Å². The molecule has 6 nitrogen and oxygen atoms in total. The quantitative estimate of drug-likeness (QED) is 0.677. The van der Waals surface area contributed by atoms with Crippen LogP contribution in [0.3, 0.4) is 0 Å². The largest absolute Gasteiger partial charge is 0.353 e. The number of urea groups is 1. The normalized spacial score (nSPS) is 22.1. The molecule has 2 aliphatic heterocycles. The Morgan fingerprint density at radius 3 is 2.56 bits per heavy atom. The maximum atomic E-state index is 11.5. The lowest BCUT2D eigenvalue weighted by Gasteiger charge is -2.37. The molecule has 100 valence electrons.